The predicted molar refractivity (Wildman–Crippen MR) is 93.2 cm³/mol. The number of carbonyl (C=O) groups is 1. The maximum Gasteiger partial charge on any atom is 0.271 e. The first kappa shape index (κ1) is 15.7. The third-order valence-electron chi connectivity index (χ3n) is 3.80. The molecule has 6 nitrogen and oxygen atoms in total. The lowest BCUT2D eigenvalue weighted by atomic mass is 10.2. The monoisotopic (exact) mass is 356 g/mol. The summed E-state index contributed by atoms with van der Waals surface area (Å²) in [5.74, 6) is 1.85. The van der Waals surface area contributed by atoms with Crippen LogP contribution in [0.3, 0.4) is 0 Å². The van der Waals surface area contributed by atoms with Crippen molar-refractivity contribution in [3.63, 3.8) is 0 Å². The number of fused-ring (bicyclic) bond motifs is 1. The number of rotatable bonds is 4. The fourth-order valence-corrected chi connectivity index (χ4v) is 3.45. The summed E-state index contributed by atoms with van der Waals surface area (Å²) in [6, 6.07) is 11.1. The van der Waals surface area contributed by atoms with Gasteiger partial charge in [0.2, 0.25) is 0 Å². The Labute approximate surface area is 148 Å². The molecule has 1 aliphatic rings. The van der Waals surface area contributed by atoms with Crippen molar-refractivity contribution >= 4 is 17.2 Å². The lowest BCUT2D eigenvalue weighted by Crippen LogP contribution is -2.41. The highest BCUT2D eigenvalue weighted by atomic mass is 32.1. The molecule has 0 aliphatic carbocycles. The van der Waals surface area contributed by atoms with E-state index in [9.17, 15) is 4.79 Å². The van der Waals surface area contributed by atoms with Crippen LogP contribution in [0.4, 0.5) is 0 Å². The van der Waals surface area contributed by atoms with Crippen molar-refractivity contribution in [3.05, 3.63) is 53.2 Å². The standard InChI is InChI=1S/C18H16N2O4S/c1-11-16(20-18(25-11)15-7-4-8-22-15)17(21)19-9-12-10-23-13-5-2-3-6-14(13)24-12/h2-8,12H,9-10H2,1H3,(H,19,21). The summed E-state index contributed by atoms with van der Waals surface area (Å²) in [7, 11) is 0. The van der Waals surface area contributed by atoms with Crippen LogP contribution in [0.1, 0.15) is 15.4 Å². The zero-order chi connectivity index (χ0) is 17.2. The van der Waals surface area contributed by atoms with Gasteiger partial charge in [-0.3, -0.25) is 4.79 Å². The molecular weight excluding hydrogens is 340 g/mol. The Kier molecular flexibility index (Phi) is 4.15. The van der Waals surface area contributed by atoms with Crippen LogP contribution in [-0.4, -0.2) is 30.1 Å². The Hall–Kier alpha value is -2.80. The van der Waals surface area contributed by atoms with E-state index in [1.165, 1.54) is 11.3 Å². The molecule has 3 heterocycles. The maximum atomic E-state index is 12.4. The SMILES string of the molecule is Cc1sc(-c2ccco2)nc1C(=O)NCC1COc2ccccc2O1. The van der Waals surface area contributed by atoms with Gasteiger partial charge in [-0.2, -0.15) is 0 Å². The first-order chi connectivity index (χ1) is 12.2. The normalized spacial score (nSPS) is 15.8. The van der Waals surface area contributed by atoms with Crippen LogP contribution in [0.15, 0.2) is 47.1 Å². The van der Waals surface area contributed by atoms with Gasteiger partial charge in [0.15, 0.2) is 22.3 Å². The number of para-hydroxylation sites is 2. The number of aryl methyl sites for hydroxylation is 1. The highest BCUT2D eigenvalue weighted by Gasteiger charge is 2.23. The van der Waals surface area contributed by atoms with Crippen LogP contribution in [0.2, 0.25) is 0 Å². The fraction of sp³-hybridized carbons (Fsp3) is 0.222. The maximum absolute atomic E-state index is 12.4. The topological polar surface area (TPSA) is 73.6 Å². The average molecular weight is 356 g/mol. The van der Waals surface area contributed by atoms with Crippen LogP contribution in [-0.2, 0) is 0 Å². The minimum atomic E-state index is -0.234. The van der Waals surface area contributed by atoms with Gasteiger partial charge in [0.1, 0.15) is 18.4 Å². The molecular formula is C18H16N2O4S. The Morgan fingerprint density at radius 1 is 1.28 bits per heavy atom. The molecule has 1 N–H and O–H groups in total. The zero-order valence-corrected chi connectivity index (χ0v) is 14.3. The van der Waals surface area contributed by atoms with E-state index in [1.54, 1.807) is 12.3 Å². The Morgan fingerprint density at radius 3 is 2.92 bits per heavy atom. The highest BCUT2D eigenvalue weighted by molar-refractivity contribution is 7.15. The summed E-state index contributed by atoms with van der Waals surface area (Å²) >= 11 is 1.43. The van der Waals surface area contributed by atoms with E-state index >= 15 is 0 Å². The smallest absolute Gasteiger partial charge is 0.271 e. The van der Waals surface area contributed by atoms with Gasteiger partial charge in [0.25, 0.3) is 5.91 Å². The molecule has 0 fully saturated rings. The molecule has 1 aromatic carbocycles. The van der Waals surface area contributed by atoms with Crippen LogP contribution in [0.5, 0.6) is 11.5 Å². The predicted octanol–water partition coefficient (Wildman–Crippen LogP) is 3.28. The van der Waals surface area contributed by atoms with E-state index in [2.05, 4.69) is 10.3 Å². The van der Waals surface area contributed by atoms with E-state index in [4.69, 9.17) is 13.9 Å². The molecule has 1 unspecified atom stereocenters. The third-order valence-corrected chi connectivity index (χ3v) is 4.79. The highest BCUT2D eigenvalue weighted by Crippen LogP contribution is 2.31. The summed E-state index contributed by atoms with van der Waals surface area (Å²) in [5, 5.41) is 3.56. The van der Waals surface area contributed by atoms with Crippen molar-refractivity contribution < 1.29 is 18.7 Å². The Bertz CT molecular complexity index is 888. The van der Waals surface area contributed by atoms with Gasteiger partial charge in [-0.05, 0) is 31.2 Å². The molecule has 0 saturated carbocycles. The van der Waals surface area contributed by atoms with Crippen molar-refractivity contribution in [2.45, 2.75) is 13.0 Å². The molecule has 1 atom stereocenters. The van der Waals surface area contributed by atoms with Crippen LogP contribution >= 0.6 is 11.3 Å². The van der Waals surface area contributed by atoms with Crippen LogP contribution < -0.4 is 14.8 Å². The third kappa shape index (κ3) is 3.23. The minimum Gasteiger partial charge on any atom is -0.486 e. The number of carbonyl (C=O) groups excluding carboxylic acids is 1. The zero-order valence-electron chi connectivity index (χ0n) is 13.5. The first-order valence-electron chi connectivity index (χ1n) is 7.88. The number of hydrogen-bond donors (Lipinski definition) is 1. The Morgan fingerprint density at radius 2 is 2.12 bits per heavy atom. The average Bonchev–Trinajstić information content (AvgIpc) is 3.29. The first-order valence-corrected chi connectivity index (χ1v) is 8.70. The molecule has 0 spiro atoms. The fourth-order valence-electron chi connectivity index (χ4n) is 2.57. The van der Waals surface area contributed by atoms with Gasteiger partial charge in [0.05, 0.1) is 12.8 Å². The summed E-state index contributed by atoms with van der Waals surface area (Å²) in [6.45, 7) is 2.61. The van der Waals surface area contributed by atoms with Crippen LogP contribution in [0.25, 0.3) is 10.8 Å². The van der Waals surface area contributed by atoms with Crippen molar-refractivity contribution in [2.24, 2.45) is 0 Å². The van der Waals surface area contributed by atoms with Gasteiger partial charge < -0.3 is 19.2 Å². The van der Waals surface area contributed by atoms with E-state index in [1.807, 2.05) is 37.3 Å². The van der Waals surface area contributed by atoms with E-state index in [0.29, 0.717) is 35.4 Å². The lowest BCUT2D eigenvalue weighted by Gasteiger charge is -2.26. The summed E-state index contributed by atoms with van der Waals surface area (Å²) in [5.41, 5.74) is 0.411. The summed E-state index contributed by atoms with van der Waals surface area (Å²) in [4.78, 5) is 17.7. The van der Waals surface area contributed by atoms with Gasteiger partial charge in [-0.1, -0.05) is 12.1 Å². The number of nitrogens with zero attached hydrogens (tertiary/aromatic N) is 1. The largest absolute Gasteiger partial charge is 0.486 e. The van der Waals surface area contributed by atoms with E-state index in [-0.39, 0.29) is 12.0 Å². The van der Waals surface area contributed by atoms with Crippen LogP contribution in [0, 0.1) is 6.92 Å². The number of aromatic nitrogens is 1. The van der Waals surface area contributed by atoms with E-state index < -0.39 is 0 Å². The molecule has 25 heavy (non-hydrogen) atoms. The number of ether oxygens (including phenoxy) is 2. The molecule has 128 valence electrons. The summed E-state index contributed by atoms with van der Waals surface area (Å²) < 4.78 is 16.8. The molecule has 1 amide bonds. The Balaban J connectivity index is 1.40. The second-order valence-corrected chi connectivity index (χ2v) is 6.81. The van der Waals surface area contributed by atoms with Crippen molar-refractivity contribution in [1.29, 1.82) is 0 Å². The molecule has 0 radical (unpaired) electrons. The molecule has 3 aromatic rings. The number of furan rings is 1. The van der Waals surface area contributed by atoms with Gasteiger partial charge in [-0.15, -0.1) is 11.3 Å². The van der Waals surface area contributed by atoms with Crippen molar-refractivity contribution in [1.82, 2.24) is 10.3 Å². The van der Waals surface area contributed by atoms with E-state index in [0.717, 1.165) is 10.6 Å². The number of thiazole rings is 1. The quantitative estimate of drug-likeness (QED) is 0.777. The molecule has 1 aliphatic heterocycles. The number of hydrogen-bond acceptors (Lipinski definition) is 6. The summed E-state index contributed by atoms with van der Waals surface area (Å²) in [6.07, 6.45) is 1.35. The van der Waals surface area contributed by atoms with Crippen molar-refractivity contribution in [3.8, 4) is 22.3 Å². The molecule has 4 rings (SSSR count). The molecule has 0 bridgehead atoms. The van der Waals surface area contributed by atoms with Gasteiger partial charge in [0, 0.05) is 4.88 Å². The molecule has 2 aromatic heterocycles. The lowest BCUT2D eigenvalue weighted by molar-refractivity contribution is 0.0786. The second kappa shape index (κ2) is 6.60. The van der Waals surface area contributed by atoms with Crippen molar-refractivity contribution in [2.75, 3.05) is 13.2 Å². The molecule has 0 saturated heterocycles. The van der Waals surface area contributed by atoms with Gasteiger partial charge in [-0.25, -0.2) is 4.98 Å². The number of nitrogens with one attached hydrogen (secondary N) is 1. The number of amides is 1. The second-order valence-electron chi connectivity index (χ2n) is 5.61. The van der Waals surface area contributed by atoms with Gasteiger partial charge >= 0.3 is 0 Å². The minimum absolute atomic E-state index is 0.228. The number of benzene rings is 1. The molecule has 7 heteroatoms.